The molecule has 0 unspecified atom stereocenters. The summed E-state index contributed by atoms with van der Waals surface area (Å²) < 4.78 is 0. The molecule has 0 fully saturated rings. The molecule has 0 saturated carbocycles. The first kappa shape index (κ1) is 51.4. The normalized spacial score (nSPS) is 13.1. The van der Waals surface area contributed by atoms with Gasteiger partial charge in [0.05, 0.1) is 0 Å². The fourth-order valence-electron chi connectivity index (χ4n) is 16.0. The van der Waals surface area contributed by atoms with Gasteiger partial charge in [0.25, 0.3) is 0 Å². The first-order chi connectivity index (χ1) is 43.6. The minimum Gasteiger partial charge on any atom is -0.310 e. The van der Waals surface area contributed by atoms with Crippen molar-refractivity contribution in [3.8, 4) is 77.9 Å². The van der Waals surface area contributed by atoms with Crippen LogP contribution in [0.4, 0.5) is 34.1 Å². The largest absolute Gasteiger partial charge is 0.310 e. The van der Waals surface area contributed by atoms with Gasteiger partial charge >= 0.3 is 0 Å². The summed E-state index contributed by atoms with van der Waals surface area (Å²) in [5.41, 5.74) is 28.3. The number of fused-ring (bicyclic) bond motifs is 13. The molecule has 0 saturated heterocycles. The molecular formula is C87H62N2. The van der Waals surface area contributed by atoms with E-state index in [-0.39, 0.29) is 10.8 Å². The molecular weight excluding hydrogens is 1070 g/mol. The topological polar surface area (TPSA) is 6.48 Å². The van der Waals surface area contributed by atoms with E-state index in [9.17, 15) is 0 Å². The third-order valence-electron chi connectivity index (χ3n) is 20.0. The van der Waals surface area contributed by atoms with Crippen molar-refractivity contribution < 1.29 is 0 Å². The number of nitrogens with zero attached hydrogens (tertiary/aromatic N) is 2. The molecule has 15 aromatic carbocycles. The average molecular weight is 1140 g/mol. The number of rotatable bonds is 8. The molecule has 2 heteroatoms. The lowest BCUT2D eigenvalue weighted by molar-refractivity contribution is 0.590. The third-order valence-corrected chi connectivity index (χ3v) is 20.0. The maximum Gasteiger partial charge on any atom is 0.0468 e. The highest BCUT2D eigenvalue weighted by Gasteiger charge is 2.38. The number of para-hydroxylation sites is 2. The van der Waals surface area contributed by atoms with Gasteiger partial charge < -0.3 is 9.80 Å². The molecule has 0 bridgehead atoms. The van der Waals surface area contributed by atoms with E-state index in [1.807, 2.05) is 0 Å². The molecule has 89 heavy (non-hydrogen) atoms. The van der Waals surface area contributed by atoms with E-state index in [0.29, 0.717) is 0 Å². The predicted octanol–water partition coefficient (Wildman–Crippen LogP) is 24.6. The van der Waals surface area contributed by atoms with Gasteiger partial charge in [-0.15, -0.1) is 0 Å². The second-order valence-corrected chi connectivity index (χ2v) is 26.3. The highest BCUT2D eigenvalue weighted by atomic mass is 15.1. The Kier molecular flexibility index (Phi) is 11.0. The number of anilines is 6. The maximum atomic E-state index is 2.52. The van der Waals surface area contributed by atoms with Gasteiger partial charge in [0.2, 0.25) is 0 Å². The van der Waals surface area contributed by atoms with Gasteiger partial charge in [-0.1, -0.05) is 247 Å². The van der Waals surface area contributed by atoms with Crippen LogP contribution in [0, 0.1) is 0 Å². The molecule has 420 valence electrons. The van der Waals surface area contributed by atoms with Gasteiger partial charge in [-0.2, -0.15) is 0 Å². The highest BCUT2D eigenvalue weighted by Crippen LogP contribution is 2.58. The summed E-state index contributed by atoms with van der Waals surface area (Å²) in [6.07, 6.45) is 0. The quantitative estimate of drug-likeness (QED) is 0.140. The minimum absolute atomic E-state index is 0.0101. The van der Waals surface area contributed by atoms with Crippen LogP contribution in [0.25, 0.3) is 132 Å². The summed E-state index contributed by atoms with van der Waals surface area (Å²) in [5, 5.41) is 12.5. The molecule has 0 spiro atoms. The summed E-state index contributed by atoms with van der Waals surface area (Å²) >= 11 is 0. The van der Waals surface area contributed by atoms with Crippen LogP contribution in [0.15, 0.2) is 285 Å². The lowest BCUT2D eigenvalue weighted by Gasteiger charge is -2.30. The first-order valence-corrected chi connectivity index (χ1v) is 31.4. The number of hydrogen-bond acceptors (Lipinski definition) is 2. The van der Waals surface area contributed by atoms with Gasteiger partial charge in [0.1, 0.15) is 0 Å². The molecule has 0 radical (unpaired) electrons. The second kappa shape index (κ2) is 19.1. The number of hydrogen-bond donors (Lipinski definition) is 0. The van der Waals surface area contributed by atoms with Crippen molar-refractivity contribution in [2.45, 2.75) is 45.4 Å². The van der Waals surface area contributed by atoms with E-state index in [0.717, 1.165) is 34.1 Å². The van der Waals surface area contributed by atoms with Gasteiger partial charge in [0.15, 0.2) is 0 Å². The Balaban J connectivity index is 0.952. The van der Waals surface area contributed by atoms with Crippen LogP contribution in [-0.2, 0) is 10.8 Å². The highest BCUT2D eigenvalue weighted by molar-refractivity contribution is 6.30. The molecule has 0 N–H and O–H groups in total. The Hall–Kier alpha value is -10.8. The van der Waals surface area contributed by atoms with Crippen molar-refractivity contribution in [3.63, 3.8) is 0 Å². The summed E-state index contributed by atoms with van der Waals surface area (Å²) in [6, 6.07) is 108. The van der Waals surface area contributed by atoms with Crippen LogP contribution in [0.3, 0.4) is 0 Å². The monoisotopic (exact) mass is 1130 g/mol. The van der Waals surface area contributed by atoms with Crippen molar-refractivity contribution in [3.05, 3.63) is 302 Å². The zero-order chi connectivity index (χ0) is 59.4. The molecule has 2 nitrogen and oxygen atoms in total. The summed E-state index contributed by atoms with van der Waals surface area (Å²) in [4.78, 5) is 4.94. The Morgan fingerprint density at radius 2 is 0.640 bits per heavy atom. The van der Waals surface area contributed by atoms with E-state index in [1.54, 1.807) is 0 Å². The van der Waals surface area contributed by atoms with E-state index in [2.05, 4.69) is 330 Å². The van der Waals surface area contributed by atoms with Gasteiger partial charge in [-0.25, -0.2) is 0 Å². The molecule has 0 aromatic heterocycles. The Bertz CT molecular complexity index is 5430. The summed E-state index contributed by atoms with van der Waals surface area (Å²) in [5.74, 6) is 0. The van der Waals surface area contributed by atoms with Gasteiger partial charge in [-0.05, 0) is 227 Å². The SMILES string of the molecule is CC(C)(C)c1ccc(N(c2ccccc2)c2ccc3c(-c4ccc5c6c(cccc46)-c4ccccc4-5)c4cc(N(c5ccccc5)c5ccc6c(c5)C(C)(C)c5c-6ccc6ccccc56)ccc4c(-c4ccc5c6c(cccc46)-c4ccccc4-5)c3c2)cc1. The van der Waals surface area contributed by atoms with Crippen molar-refractivity contribution in [1.29, 1.82) is 0 Å². The Morgan fingerprint density at radius 3 is 1.17 bits per heavy atom. The molecule has 18 rings (SSSR count). The van der Waals surface area contributed by atoms with E-state index in [1.165, 1.54) is 148 Å². The summed E-state index contributed by atoms with van der Waals surface area (Å²) in [6.45, 7) is 11.7. The average Bonchev–Trinajstić information content (AvgIpc) is 1.78. The van der Waals surface area contributed by atoms with Crippen molar-refractivity contribution in [2.75, 3.05) is 9.80 Å². The van der Waals surface area contributed by atoms with Crippen LogP contribution < -0.4 is 9.80 Å². The third kappa shape index (κ3) is 7.57. The van der Waals surface area contributed by atoms with Crippen molar-refractivity contribution >= 4 is 88.0 Å². The summed E-state index contributed by atoms with van der Waals surface area (Å²) in [7, 11) is 0. The van der Waals surface area contributed by atoms with Crippen LogP contribution in [0.2, 0.25) is 0 Å². The zero-order valence-electron chi connectivity index (χ0n) is 50.5. The Morgan fingerprint density at radius 1 is 0.258 bits per heavy atom. The van der Waals surface area contributed by atoms with Gasteiger partial charge in [-0.3, -0.25) is 0 Å². The van der Waals surface area contributed by atoms with Gasteiger partial charge in [0, 0.05) is 39.5 Å². The lowest BCUT2D eigenvalue weighted by atomic mass is 9.80. The molecule has 3 aliphatic carbocycles. The van der Waals surface area contributed by atoms with E-state index < -0.39 is 0 Å². The van der Waals surface area contributed by atoms with E-state index >= 15 is 0 Å². The maximum absolute atomic E-state index is 2.52. The number of benzene rings is 15. The van der Waals surface area contributed by atoms with E-state index in [4.69, 9.17) is 0 Å². The molecule has 0 atom stereocenters. The molecule has 0 heterocycles. The molecule has 15 aromatic rings. The van der Waals surface area contributed by atoms with Crippen LogP contribution in [-0.4, -0.2) is 0 Å². The fraction of sp³-hybridized carbons (Fsp3) is 0.0805. The minimum atomic E-state index is -0.241. The zero-order valence-corrected chi connectivity index (χ0v) is 50.5. The van der Waals surface area contributed by atoms with Crippen molar-refractivity contribution in [1.82, 2.24) is 0 Å². The van der Waals surface area contributed by atoms with Crippen molar-refractivity contribution in [2.24, 2.45) is 0 Å². The molecule has 0 amide bonds. The van der Waals surface area contributed by atoms with Crippen LogP contribution in [0.5, 0.6) is 0 Å². The smallest absolute Gasteiger partial charge is 0.0468 e. The second-order valence-electron chi connectivity index (χ2n) is 26.3. The lowest BCUT2D eigenvalue weighted by Crippen LogP contribution is -2.17. The molecule has 3 aliphatic rings. The standard InChI is InChI=1S/C87H62N2/c1-86(2,3)54-35-37-57(38-36-54)88(55-21-8-6-9-22-55)58-40-44-75-78(50-58)83(73-48-46-71-64-28-16-14-26-62(64)67-30-18-32-69(73)81(67)71)76-45-41-59(51-79(76)84(75)74-49-47-72-65-29-17-15-27-63(65)68-31-19-33-70(74)82(68)72)89(56-23-10-7-11-24-56)60-39-43-66-77-42-34-53-20-12-13-25-61(53)85(77)87(4,5)80(66)52-60/h6-52H,1-5H3. The predicted molar refractivity (Wildman–Crippen MR) is 379 cm³/mol. The van der Waals surface area contributed by atoms with Crippen LogP contribution in [0.1, 0.15) is 51.3 Å². The first-order valence-electron chi connectivity index (χ1n) is 31.4. The Labute approximate surface area is 519 Å². The van der Waals surface area contributed by atoms with Crippen LogP contribution >= 0.6 is 0 Å². The fourth-order valence-corrected chi connectivity index (χ4v) is 16.0. The molecule has 0 aliphatic heterocycles.